The van der Waals surface area contributed by atoms with Crippen molar-refractivity contribution in [1.29, 1.82) is 0 Å². The molecule has 33 heavy (non-hydrogen) atoms. The molecule has 0 bridgehead atoms. The van der Waals surface area contributed by atoms with Crippen LogP contribution in [0.15, 0.2) is 60.0 Å². The zero-order valence-corrected chi connectivity index (χ0v) is 19.2. The summed E-state index contributed by atoms with van der Waals surface area (Å²) in [4.78, 5) is 12.4. The van der Waals surface area contributed by atoms with Crippen LogP contribution in [0.25, 0.3) is 22.4 Å². The van der Waals surface area contributed by atoms with Gasteiger partial charge in [-0.15, -0.1) is 10.2 Å². The van der Waals surface area contributed by atoms with Crippen molar-refractivity contribution in [1.82, 2.24) is 24.2 Å². The summed E-state index contributed by atoms with van der Waals surface area (Å²) in [7, 11) is 0. The molecule has 5 aromatic rings. The Morgan fingerprint density at radius 2 is 1.82 bits per heavy atom. The number of nitrogens with one attached hydrogen (secondary N) is 1. The summed E-state index contributed by atoms with van der Waals surface area (Å²) in [6, 6.07) is 12.6. The molecule has 7 nitrogen and oxygen atoms in total. The van der Waals surface area contributed by atoms with Gasteiger partial charge in [-0.2, -0.15) is 5.10 Å². The molecule has 0 saturated carbocycles. The number of aromatic nitrogens is 5. The van der Waals surface area contributed by atoms with Crippen molar-refractivity contribution in [3.63, 3.8) is 0 Å². The van der Waals surface area contributed by atoms with Crippen LogP contribution in [-0.4, -0.2) is 35.9 Å². The van der Waals surface area contributed by atoms with Gasteiger partial charge in [0.05, 0.1) is 11.4 Å². The summed E-state index contributed by atoms with van der Waals surface area (Å²) in [5.74, 6) is -0.514. The van der Waals surface area contributed by atoms with E-state index < -0.39 is 5.82 Å². The number of hydrogen-bond acceptors (Lipinski definition) is 5. The number of amides is 1. The molecule has 0 unspecified atom stereocenters. The van der Waals surface area contributed by atoms with Gasteiger partial charge in [0.1, 0.15) is 11.3 Å². The average Bonchev–Trinajstić information content (AvgIpc) is 3.40. The van der Waals surface area contributed by atoms with Gasteiger partial charge in [-0.1, -0.05) is 30.0 Å². The van der Waals surface area contributed by atoms with Gasteiger partial charge >= 0.3 is 0 Å². The van der Waals surface area contributed by atoms with Gasteiger partial charge in [0.2, 0.25) is 5.91 Å². The van der Waals surface area contributed by atoms with Crippen LogP contribution in [0.4, 0.5) is 10.1 Å². The van der Waals surface area contributed by atoms with Crippen molar-refractivity contribution in [3.8, 4) is 11.3 Å². The summed E-state index contributed by atoms with van der Waals surface area (Å²) in [6.45, 7) is 5.99. The molecule has 3 aromatic heterocycles. The maximum absolute atomic E-state index is 13.5. The molecule has 9 heteroatoms. The van der Waals surface area contributed by atoms with E-state index in [1.54, 1.807) is 10.6 Å². The monoisotopic (exact) mass is 460 g/mol. The van der Waals surface area contributed by atoms with Crippen LogP contribution >= 0.6 is 11.8 Å². The summed E-state index contributed by atoms with van der Waals surface area (Å²) in [5.41, 5.74) is 7.08. The predicted molar refractivity (Wildman–Crippen MR) is 127 cm³/mol. The first-order chi connectivity index (χ1) is 15.9. The molecule has 1 N–H and O–H groups in total. The third kappa shape index (κ3) is 4.07. The van der Waals surface area contributed by atoms with E-state index in [1.165, 1.54) is 35.0 Å². The predicted octanol–water partition coefficient (Wildman–Crippen LogP) is 4.84. The molecular formula is C24H21FN6OS. The largest absolute Gasteiger partial charge is 0.325 e. The van der Waals surface area contributed by atoms with Gasteiger partial charge in [0.15, 0.2) is 10.8 Å². The van der Waals surface area contributed by atoms with E-state index in [-0.39, 0.29) is 11.7 Å². The molecule has 0 aliphatic rings. The minimum atomic E-state index is -0.392. The summed E-state index contributed by atoms with van der Waals surface area (Å²) >= 11 is 1.26. The van der Waals surface area contributed by atoms with Gasteiger partial charge in [0.25, 0.3) is 0 Å². The second-order valence-electron chi connectivity index (χ2n) is 7.93. The quantitative estimate of drug-likeness (QED) is 0.380. The Hall–Kier alpha value is -3.72. The highest BCUT2D eigenvalue weighted by Gasteiger charge is 2.15. The molecule has 5 rings (SSSR count). The van der Waals surface area contributed by atoms with E-state index >= 15 is 0 Å². The Morgan fingerprint density at radius 3 is 2.64 bits per heavy atom. The number of carbonyl (C=O) groups is 1. The van der Waals surface area contributed by atoms with Gasteiger partial charge in [0, 0.05) is 23.6 Å². The fraction of sp³-hybridized carbons (Fsp3) is 0.167. The number of anilines is 1. The lowest BCUT2D eigenvalue weighted by molar-refractivity contribution is -0.113. The Labute approximate surface area is 193 Å². The van der Waals surface area contributed by atoms with Crippen LogP contribution in [0.3, 0.4) is 0 Å². The van der Waals surface area contributed by atoms with Gasteiger partial charge in [-0.05, 0) is 61.7 Å². The van der Waals surface area contributed by atoms with Crippen molar-refractivity contribution >= 4 is 34.5 Å². The smallest absolute Gasteiger partial charge is 0.234 e. The van der Waals surface area contributed by atoms with E-state index in [0.29, 0.717) is 16.5 Å². The number of nitrogens with zero attached hydrogens (tertiary/aromatic N) is 5. The zero-order valence-electron chi connectivity index (χ0n) is 18.3. The molecule has 0 radical (unpaired) electrons. The van der Waals surface area contributed by atoms with E-state index in [0.717, 1.165) is 22.3 Å². The maximum atomic E-state index is 13.5. The highest BCUT2D eigenvalue weighted by Crippen LogP contribution is 2.26. The lowest BCUT2D eigenvalue weighted by Crippen LogP contribution is -2.15. The topological polar surface area (TPSA) is 76.6 Å². The molecule has 0 fully saturated rings. The Bertz CT molecular complexity index is 1520. The van der Waals surface area contributed by atoms with E-state index in [2.05, 4.69) is 52.7 Å². The molecule has 0 saturated heterocycles. The second kappa shape index (κ2) is 8.32. The molecule has 166 valence electrons. The number of thioether (sulfide) groups is 1. The molecule has 0 aliphatic heterocycles. The number of hydrogen-bond donors (Lipinski definition) is 1. The standard InChI is InChI=1S/C24H21FN6OS/c1-14-4-6-17(10-16(14)3)20-12-21-23-27-28-24(30(23)8-9-31(21)29-20)33-13-22(32)26-19-11-18(25)7-5-15(19)2/h4-12H,13H2,1-3H3,(H,26,32). The van der Waals surface area contributed by atoms with Gasteiger partial charge in [-0.3, -0.25) is 9.20 Å². The van der Waals surface area contributed by atoms with Gasteiger partial charge in [-0.25, -0.2) is 8.91 Å². The Kier molecular flexibility index (Phi) is 5.33. The Morgan fingerprint density at radius 1 is 1.00 bits per heavy atom. The number of halogens is 1. The normalized spacial score (nSPS) is 11.4. The third-order valence-corrected chi connectivity index (χ3v) is 6.54. The number of aryl methyl sites for hydroxylation is 3. The maximum Gasteiger partial charge on any atom is 0.234 e. The lowest BCUT2D eigenvalue weighted by atomic mass is 10.0. The highest BCUT2D eigenvalue weighted by molar-refractivity contribution is 7.99. The average molecular weight is 461 g/mol. The molecular weight excluding hydrogens is 439 g/mol. The van der Waals surface area contributed by atoms with Crippen molar-refractivity contribution in [2.24, 2.45) is 0 Å². The van der Waals surface area contributed by atoms with Crippen molar-refractivity contribution < 1.29 is 9.18 Å². The number of rotatable bonds is 5. The molecule has 2 aromatic carbocycles. The van der Waals surface area contributed by atoms with Crippen LogP contribution in [-0.2, 0) is 4.79 Å². The third-order valence-electron chi connectivity index (χ3n) is 5.60. The number of benzene rings is 2. The summed E-state index contributed by atoms with van der Waals surface area (Å²) in [5, 5.41) is 16.6. The van der Waals surface area contributed by atoms with Crippen LogP contribution in [0.2, 0.25) is 0 Å². The van der Waals surface area contributed by atoms with Crippen LogP contribution in [0.1, 0.15) is 16.7 Å². The lowest BCUT2D eigenvalue weighted by Gasteiger charge is -2.08. The first-order valence-electron chi connectivity index (χ1n) is 10.4. The zero-order chi connectivity index (χ0) is 23.1. The minimum Gasteiger partial charge on any atom is -0.325 e. The van der Waals surface area contributed by atoms with Crippen molar-refractivity contribution in [2.75, 3.05) is 11.1 Å². The first-order valence-corrected chi connectivity index (χ1v) is 11.4. The van der Waals surface area contributed by atoms with E-state index in [4.69, 9.17) is 0 Å². The number of carbonyl (C=O) groups excluding carboxylic acids is 1. The van der Waals surface area contributed by atoms with E-state index in [9.17, 15) is 9.18 Å². The molecule has 0 atom stereocenters. The summed E-state index contributed by atoms with van der Waals surface area (Å²) in [6.07, 6.45) is 3.67. The first kappa shape index (κ1) is 21.1. The van der Waals surface area contributed by atoms with Crippen LogP contribution in [0.5, 0.6) is 0 Å². The van der Waals surface area contributed by atoms with Crippen molar-refractivity contribution in [2.45, 2.75) is 25.9 Å². The fourth-order valence-corrected chi connectivity index (χ4v) is 4.29. The fourth-order valence-electron chi connectivity index (χ4n) is 3.58. The minimum absolute atomic E-state index is 0.120. The number of fused-ring (bicyclic) bond motifs is 3. The van der Waals surface area contributed by atoms with Crippen LogP contribution < -0.4 is 5.32 Å². The SMILES string of the molecule is Cc1ccc(-c2cc3c4nnc(SCC(=O)Nc5cc(F)ccc5C)n4ccn3n2)cc1C. The Balaban J connectivity index is 1.38. The van der Waals surface area contributed by atoms with Crippen LogP contribution in [0, 0.1) is 26.6 Å². The van der Waals surface area contributed by atoms with Gasteiger partial charge < -0.3 is 5.32 Å². The van der Waals surface area contributed by atoms with E-state index in [1.807, 2.05) is 29.8 Å². The molecule has 1 amide bonds. The van der Waals surface area contributed by atoms with Crippen molar-refractivity contribution in [3.05, 3.63) is 77.4 Å². The summed E-state index contributed by atoms with van der Waals surface area (Å²) < 4.78 is 17.1. The molecule has 0 aliphatic carbocycles. The molecule has 3 heterocycles. The highest BCUT2D eigenvalue weighted by atomic mass is 32.2. The molecule has 0 spiro atoms. The second-order valence-corrected chi connectivity index (χ2v) is 8.87.